The third kappa shape index (κ3) is 5.19. The van der Waals surface area contributed by atoms with Crippen molar-refractivity contribution in [1.29, 1.82) is 0 Å². The molecule has 12 heteroatoms. The van der Waals surface area contributed by atoms with E-state index in [-0.39, 0.29) is 10.0 Å². The zero-order chi connectivity index (χ0) is 27.0. The number of sulfone groups is 1. The Labute approximate surface area is 237 Å². The van der Waals surface area contributed by atoms with Crippen LogP contribution >= 0.6 is 46.3 Å². The third-order valence-corrected chi connectivity index (χ3v) is 10.4. The minimum atomic E-state index is -4.30. The summed E-state index contributed by atoms with van der Waals surface area (Å²) in [5.74, 6) is -1.11. The minimum Gasteiger partial charge on any atom is -0.502 e. The molecule has 0 spiro atoms. The Balaban J connectivity index is 1.53. The molecule has 1 atom stereocenters. The molecule has 0 bridgehead atoms. The molecule has 1 amide bonds. The average molecular weight is 605 g/mol. The van der Waals surface area contributed by atoms with Gasteiger partial charge in [0.1, 0.15) is 10.9 Å². The quantitative estimate of drug-likeness (QED) is 0.183. The molecule has 4 aromatic rings. The second-order valence-corrected chi connectivity index (χ2v) is 13.4. The van der Waals surface area contributed by atoms with Crippen molar-refractivity contribution in [3.05, 3.63) is 110 Å². The molecule has 1 aliphatic rings. The van der Waals surface area contributed by atoms with Crippen LogP contribution in [0.25, 0.3) is 0 Å². The van der Waals surface area contributed by atoms with Crippen LogP contribution in [-0.2, 0) is 20.4 Å². The van der Waals surface area contributed by atoms with Crippen molar-refractivity contribution in [2.24, 2.45) is 0 Å². The number of benzene rings is 3. The van der Waals surface area contributed by atoms with E-state index in [4.69, 9.17) is 23.2 Å². The van der Waals surface area contributed by atoms with Crippen molar-refractivity contribution < 1.29 is 18.3 Å². The van der Waals surface area contributed by atoms with Crippen molar-refractivity contribution in [3.8, 4) is 0 Å². The topological polar surface area (TPSA) is 100 Å². The van der Waals surface area contributed by atoms with Crippen LogP contribution in [-0.4, -0.2) is 29.6 Å². The van der Waals surface area contributed by atoms with E-state index in [0.717, 1.165) is 27.4 Å². The Morgan fingerprint density at radius 2 is 1.55 bits per heavy atom. The summed E-state index contributed by atoms with van der Waals surface area (Å²) < 4.78 is 28.0. The molecule has 0 saturated heterocycles. The second-order valence-electron chi connectivity index (χ2n) is 8.42. The molecule has 1 N–H and O–H groups in total. The summed E-state index contributed by atoms with van der Waals surface area (Å²) >= 11 is 14.6. The van der Waals surface area contributed by atoms with Gasteiger partial charge in [0.2, 0.25) is 15.0 Å². The maximum atomic E-state index is 13.7. The van der Waals surface area contributed by atoms with E-state index in [9.17, 15) is 18.3 Å². The van der Waals surface area contributed by atoms with Crippen molar-refractivity contribution in [2.75, 3.05) is 4.90 Å². The lowest BCUT2D eigenvalue weighted by atomic mass is 10.1. The first-order chi connectivity index (χ1) is 18.1. The highest BCUT2D eigenvalue weighted by Crippen LogP contribution is 2.46. The van der Waals surface area contributed by atoms with Crippen molar-refractivity contribution >= 4 is 67.2 Å². The summed E-state index contributed by atoms with van der Waals surface area (Å²) in [7, 11) is -4.30. The number of aryl methyl sites for hydroxylation is 1. The molecule has 0 radical (unpaired) electrons. The molecule has 1 aromatic heterocycles. The number of halogens is 2. The molecule has 0 unspecified atom stereocenters. The van der Waals surface area contributed by atoms with E-state index in [0.29, 0.717) is 25.7 Å². The van der Waals surface area contributed by atoms with Crippen molar-refractivity contribution in [2.45, 2.75) is 28.0 Å². The van der Waals surface area contributed by atoms with Gasteiger partial charge in [-0.3, -0.25) is 9.69 Å². The summed E-state index contributed by atoms with van der Waals surface area (Å²) in [4.78, 5) is 14.0. The molecule has 0 fully saturated rings. The molecule has 7 nitrogen and oxygen atoms in total. The number of aliphatic hydroxyl groups excluding tert-OH is 1. The molecule has 2 heterocycles. The first-order valence-corrected chi connectivity index (χ1v) is 15.2. The van der Waals surface area contributed by atoms with E-state index in [2.05, 4.69) is 10.2 Å². The molecule has 194 valence electrons. The van der Waals surface area contributed by atoms with Crippen LogP contribution in [0, 0.1) is 6.92 Å². The second kappa shape index (κ2) is 10.7. The largest absolute Gasteiger partial charge is 0.502 e. The van der Waals surface area contributed by atoms with Crippen LogP contribution in [0.15, 0.2) is 92.7 Å². The van der Waals surface area contributed by atoms with Gasteiger partial charge in [-0.15, -0.1) is 10.2 Å². The van der Waals surface area contributed by atoms with Crippen molar-refractivity contribution in [3.63, 3.8) is 0 Å². The average Bonchev–Trinajstić information content (AvgIpc) is 3.47. The van der Waals surface area contributed by atoms with Crippen LogP contribution < -0.4 is 4.90 Å². The minimum absolute atomic E-state index is 0.108. The first kappa shape index (κ1) is 26.7. The van der Waals surface area contributed by atoms with Gasteiger partial charge in [-0.05, 0) is 54.4 Å². The molecule has 1 aliphatic heterocycles. The Kier molecular flexibility index (Phi) is 7.52. The molecule has 38 heavy (non-hydrogen) atoms. The maximum Gasteiger partial charge on any atom is 0.296 e. The molecular weight excluding hydrogens is 585 g/mol. The zero-order valence-corrected chi connectivity index (χ0v) is 23.7. The molecule has 5 rings (SSSR count). The Bertz CT molecular complexity index is 1640. The lowest BCUT2D eigenvalue weighted by molar-refractivity contribution is -0.117. The summed E-state index contributed by atoms with van der Waals surface area (Å²) in [5.41, 5.74) is 2.70. The zero-order valence-electron chi connectivity index (χ0n) is 19.7. The number of amides is 1. The van der Waals surface area contributed by atoms with E-state index in [1.165, 1.54) is 36.0 Å². The van der Waals surface area contributed by atoms with Gasteiger partial charge in [-0.2, -0.15) is 0 Å². The summed E-state index contributed by atoms with van der Waals surface area (Å²) in [6.07, 6.45) is 0. The number of aliphatic hydroxyl groups is 1. The van der Waals surface area contributed by atoms with Crippen LogP contribution in [0.4, 0.5) is 5.13 Å². The Hall–Kier alpha value is -2.89. The smallest absolute Gasteiger partial charge is 0.296 e. The van der Waals surface area contributed by atoms with Gasteiger partial charge in [0, 0.05) is 15.8 Å². The molecule has 0 aliphatic carbocycles. The predicted octanol–water partition coefficient (Wildman–Crippen LogP) is 6.78. The van der Waals surface area contributed by atoms with Gasteiger partial charge in [0.05, 0.1) is 4.90 Å². The van der Waals surface area contributed by atoms with Crippen LogP contribution in [0.2, 0.25) is 10.0 Å². The molecular formula is C26H19Cl2N3O4S3. The highest BCUT2D eigenvalue weighted by Gasteiger charge is 2.48. The first-order valence-electron chi connectivity index (χ1n) is 11.2. The third-order valence-electron chi connectivity index (χ3n) is 5.85. The molecule has 3 aromatic carbocycles. The number of carbonyl (C=O) groups is 1. The van der Waals surface area contributed by atoms with Crippen LogP contribution in [0.5, 0.6) is 0 Å². The fraction of sp³-hybridized carbons (Fsp3) is 0.115. The SMILES string of the molecule is Cc1ccc(CSc2nnc(N3C(=O)C(O)=C(S(=O)(=O)c4ccc(Cl)cc4)[C@@H]3c3ccc(Cl)cc3)s2)cc1. The number of rotatable bonds is 7. The highest BCUT2D eigenvalue weighted by atomic mass is 35.5. The lowest BCUT2D eigenvalue weighted by Crippen LogP contribution is -2.31. The number of anilines is 1. The molecule has 0 saturated carbocycles. The van der Waals surface area contributed by atoms with Crippen LogP contribution in [0.3, 0.4) is 0 Å². The predicted molar refractivity (Wildman–Crippen MR) is 151 cm³/mol. The summed E-state index contributed by atoms with van der Waals surface area (Å²) in [6, 6.07) is 18.8. The van der Waals surface area contributed by atoms with E-state index in [1.54, 1.807) is 24.3 Å². The Morgan fingerprint density at radius 1 is 0.947 bits per heavy atom. The summed E-state index contributed by atoms with van der Waals surface area (Å²) in [6.45, 7) is 2.02. The normalized spacial score (nSPS) is 15.9. The van der Waals surface area contributed by atoms with Gasteiger partial charge in [-0.25, -0.2) is 8.42 Å². The van der Waals surface area contributed by atoms with Crippen molar-refractivity contribution in [1.82, 2.24) is 10.2 Å². The fourth-order valence-electron chi connectivity index (χ4n) is 3.93. The standard InChI is InChI=1S/C26H19Cl2N3O4S3/c1-15-2-4-16(5-3-15)14-36-26-30-29-25(37-26)31-21(17-6-8-18(27)9-7-17)23(22(32)24(31)33)38(34,35)20-12-10-19(28)11-13-20/h2-13,21,32H,14H2,1H3/t21-/m0/s1. The number of aromatic nitrogens is 2. The number of thioether (sulfide) groups is 1. The Morgan fingerprint density at radius 3 is 2.18 bits per heavy atom. The summed E-state index contributed by atoms with van der Waals surface area (Å²) in [5, 5.41) is 20.2. The number of carbonyl (C=O) groups excluding carboxylic acids is 1. The van der Waals surface area contributed by atoms with Gasteiger partial charge >= 0.3 is 0 Å². The van der Waals surface area contributed by atoms with Gasteiger partial charge in [0.25, 0.3) is 5.91 Å². The van der Waals surface area contributed by atoms with Gasteiger partial charge in [-0.1, -0.05) is 88.3 Å². The van der Waals surface area contributed by atoms with E-state index in [1.807, 2.05) is 31.2 Å². The van der Waals surface area contributed by atoms with Crippen LogP contribution in [0.1, 0.15) is 22.7 Å². The maximum absolute atomic E-state index is 13.7. The van der Waals surface area contributed by atoms with Gasteiger partial charge < -0.3 is 5.11 Å². The number of hydrogen-bond donors (Lipinski definition) is 1. The fourth-order valence-corrected chi connectivity index (χ4v) is 7.63. The van der Waals surface area contributed by atoms with E-state index < -0.39 is 32.5 Å². The monoisotopic (exact) mass is 603 g/mol. The highest BCUT2D eigenvalue weighted by molar-refractivity contribution is 8.00. The number of hydrogen-bond acceptors (Lipinski definition) is 8. The number of nitrogens with zero attached hydrogens (tertiary/aromatic N) is 3. The van der Waals surface area contributed by atoms with Gasteiger partial charge in [0.15, 0.2) is 10.1 Å². The van der Waals surface area contributed by atoms with E-state index >= 15 is 0 Å². The lowest BCUT2D eigenvalue weighted by Gasteiger charge is -2.24.